The van der Waals surface area contributed by atoms with Gasteiger partial charge in [-0.25, -0.2) is 8.78 Å². The van der Waals surface area contributed by atoms with Gasteiger partial charge >= 0.3 is 0 Å². The van der Waals surface area contributed by atoms with E-state index in [-0.39, 0.29) is 15.9 Å². The summed E-state index contributed by atoms with van der Waals surface area (Å²) in [4.78, 5) is 13.7. The smallest absolute Gasteiger partial charge is 0.255 e. The molecule has 1 fully saturated rings. The molecule has 1 aromatic rings. The minimum atomic E-state index is -1.01. The third-order valence-corrected chi connectivity index (χ3v) is 3.30. The second kappa shape index (κ2) is 5.10. The van der Waals surface area contributed by atoms with E-state index in [9.17, 15) is 13.6 Å². The molecule has 0 radical (unpaired) electrons. The number of carbonyl (C=O) groups excluding carboxylic acids is 1. The molecule has 1 amide bonds. The van der Waals surface area contributed by atoms with Gasteiger partial charge in [0.05, 0.1) is 5.56 Å². The second-order valence-corrected chi connectivity index (χ2v) is 4.64. The summed E-state index contributed by atoms with van der Waals surface area (Å²) in [5.41, 5.74) is 0.158. The van der Waals surface area contributed by atoms with Gasteiger partial charge in [-0.2, -0.15) is 0 Å². The van der Waals surface area contributed by atoms with Gasteiger partial charge in [0, 0.05) is 30.7 Å². The molecule has 0 saturated carbocycles. The minimum absolute atomic E-state index is 0.158. The number of nitrogens with zero attached hydrogens (tertiary/aromatic N) is 1. The van der Waals surface area contributed by atoms with Gasteiger partial charge in [-0.3, -0.25) is 4.79 Å². The molecule has 0 aliphatic carbocycles. The number of hydrogen-bond acceptors (Lipinski definition) is 2. The Kier molecular flexibility index (Phi) is 3.73. The van der Waals surface area contributed by atoms with Crippen molar-refractivity contribution in [2.45, 2.75) is 0 Å². The van der Waals surface area contributed by atoms with Crippen LogP contribution in [0, 0.1) is 11.6 Å². The van der Waals surface area contributed by atoms with Crippen molar-refractivity contribution in [1.29, 1.82) is 0 Å². The minimum Gasteiger partial charge on any atom is -0.336 e. The topological polar surface area (TPSA) is 32.3 Å². The van der Waals surface area contributed by atoms with Crippen LogP contribution in [0.4, 0.5) is 8.78 Å². The van der Waals surface area contributed by atoms with Crippen LogP contribution < -0.4 is 5.32 Å². The third-order valence-electron chi connectivity index (χ3n) is 2.64. The molecule has 92 valence electrons. The fourth-order valence-corrected chi connectivity index (χ4v) is 2.21. The largest absolute Gasteiger partial charge is 0.336 e. The Morgan fingerprint density at radius 2 is 1.82 bits per heavy atom. The Balaban J connectivity index is 2.26. The molecular formula is C11H11BrF2N2O. The van der Waals surface area contributed by atoms with E-state index in [0.717, 1.165) is 12.1 Å². The molecule has 1 heterocycles. The van der Waals surface area contributed by atoms with Crippen molar-refractivity contribution in [2.75, 3.05) is 26.2 Å². The molecule has 1 aliphatic heterocycles. The molecule has 1 aliphatic rings. The summed E-state index contributed by atoms with van der Waals surface area (Å²) in [5.74, 6) is -2.25. The predicted octanol–water partition coefficient (Wildman–Crippen LogP) is 1.77. The average molecular weight is 305 g/mol. The molecule has 0 aromatic heterocycles. The van der Waals surface area contributed by atoms with Crippen molar-refractivity contribution >= 4 is 21.8 Å². The molecule has 1 saturated heterocycles. The normalized spacial score (nSPS) is 16.1. The lowest BCUT2D eigenvalue weighted by Crippen LogP contribution is -2.46. The highest BCUT2D eigenvalue weighted by Gasteiger charge is 2.21. The van der Waals surface area contributed by atoms with Crippen LogP contribution in [0.1, 0.15) is 10.4 Å². The van der Waals surface area contributed by atoms with Crippen LogP contribution in [-0.4, -0.2) is 37.0 Å². The van der Waals surface area contributed by atoms with Gasteiger partial charge in [0.25, 0.3) is 5.91 Å². The van der Waals surface area contributed by atoms with Gasteiger partial charge < -0.3 is 10.2 Å². The van der Waals surface area contributed by atoms with E-state index in [1.165, 1.54) is 0 Å². The first kappa shape index (κ1) is 12.4. The van der Waals surface area contributed by atoms with Crippen LogP contribution in [0.15, 0.2) is 16.6 Å². The number of piperazine rings is 1. The molecule has 6 heteroatoms. The van der Waals surface area contributed by atoms with E-state index in [1.54, 1.807) is 4.90 Å². The van der Waals surface area contributed by atoms with Crippen LogP contribution in [0.2, 0.25) is 0 Å². The molecule has 17 heavy (non-hydrogen) atoms. The zero-order valence-corrected chi connectivity index (χ0v) is 10.6. The number of carbonyl (C=O) groups is 1. The molecule has 0 unspecified atom stereocenters. The molecule has 1 N–H and O–H groups in total. The van der Waals surface area contributed by atoms with Gasteiger partial charge in [0.15, 0.2) is 11.6 Å². The van der Waals surface area contributed by atoms with E-state index >= 15 is 0 Å². The molecule has 0 atom stereocenters. The van der Waals surface area contributed by atoms with E-state index in [2.05, 4.69) is 21.2 Å². The van der Waals surface area contributed by atoms with Crippen molar-refractivity contribution in [1.82, 2.24) is 10.2 Å². The lowest BCUT2D eigenvalue weighted by atomic mass is 10.1. The Labute approximate surface area is 106 Å². The fourth-order valence-electron chi connectivity index (χ4n) is 1.72. The first-order chi connectivity index (χ1) is 8.09. The Morgan fingerprint density at radius 3 is 2.47 bits per heavy atom. The van der Waals surface area contributed by atoms with Crippen molar-refractivity contribution in [3.05, 3.63) is 33.8 Å². The molecular weight excluding hydrogens is 294 g/mol. The molecule has 1 aromatic carbocycles. The van der Waals surface area contributed by atoms with Crippen molar-refractivity contribution in [3.8, 4) is 0 Å². The van der Waals surface area contributed by atoms with E-state index in [1.807, 2.05) is 0 Å². The lowest BCUT2D eigenvalue weighted by Gasteiger charge is -2.27. The Bertz CT molecular complexity index is 447. The zero-order chi connectivity index (χ0) is 12.4. The second-order valence-electron chi connectivity index (χ2n) is 3.79. The predicted molar refractivity (Wildman–Crippen MR) is 62.8 cm³/mol. The molecule has 0 bridgehead atoms. The van der Waals surface area contributed by atoms with Crippen molar-refractivity contribution in [2.24, 2.45) is 0 Å². The summed E-state index contributed by atoms with van der Waals surface area (Å²) >= 11 is 3.08. The number of hydrogen-bond donors (Lipinski definition) is 1. The SMILES string of the molecule is O=C(c1cc(F)c(F)cc1Br)N1CCNCC1. The van der Waals surface area contributed by atoms with Crippen molar-refractivity contribution in [3.63, 3.8) is 0 Å². The van der Waals surface area contributed by atoms with Gasteiger partial charge in [0.2, 0.25) is 0 Å². The maximum atomic E-state index is 13.1. The summed E-state index contributed by atoms with van der Waals surface area (Å²) in [6, 6.07) is 1.91. The third kappa shape index (κ3) is 2.63. The van der Waals surface area contributed by atoms with E-state index in [0.29, 0.717) is 26.2 Å². The first-order valence-corrected chi connectivity index (χ1v) is 6.03. The fraction of sp³-hybridized carbons (Fsp3) is 0.364. The van der Waals surface area contributed by atoms with Crippen LogP contribution in [0.5, 0.6) is 0 Å². The average Bonchev–Trinajstić information content (AvgIpc) is 2.34. The molecule has 2 rings (SSSR count). The summed E-state index contributed by atoms with van der Waals surface area (Å²) in [5, 5.41) is 3.12. The van der Waals surface area contributed by atoms with E-state index < -0.39 is 11.6 Å². The summed E-state index contributed by atoms with van der Waals surface area (Å²) in [6.45, 7) is 2.58. The maximum Gasteiger partial charge on any atom is 0.255 e. The number of halogens is 3. The zero-order valence-electron chi connectivity index (χ0n) is 8.97. The van der Waals surface area contributed by atoms with E-state index in [4.69, 9.17) is 0 Å². The first-order valence-electron chi connectivity index (χ1n) is 5.24. The lowest BCUT2D eigenvalue weighted by molar-refractivity contribution is 0.0734. The van der Waals surface area contributed by atoms with Crippen molar-refractivity contribution < 1.29 is 13.6 Å². The molecule has 3 nitrogen and oxygen atoms in total. The maximum absolute atomic E-state index is 13.1. The van der Waals surface area contributed by atoms with Gasteiger partial charge in [0.1, 0.15) is 0 Å². The summed E-state index contributed by atoms with van der Waals surface area (Å²) < 4.78 is 26.3. The Morgan fingerprint density at radius 1 is 1.24 bits per heavy atom. The van der Waals surface area contributed by atoms with Crippen LogP contribution in [0.25, 0.3) is 0 Å². The summed E-state index contributed by atoms with van der Waals surface area (Å²) in [7, 11) is 0. The highest BCUT2D eigenvalue weighted by molar-refractivity contribution is 9.10. The monoisotopic (exact) mass is 304 g/mol. The molecule has 0 spiro atoms. The van der Waals surface area contributed by atoms with Crippen LogP contribution >= 0.6 is 15.9 Å². The standard InChI is InChI=1S/C11H11BrF2N2O/c12-8-6-10(14)9(13)5-7(8)11(17)16-3-1-15-2-4-16/h5-6,15H,1-4H2. The number of benzene rings is 1. The highest BCUT2D eigenvalue weighted by Crippen LogP contribution is 2.22. The number of amides is 1. The van der Waals surface area contributed by atoms with Crippen LogP contribution in [0.3, 0.4) is 0 Å². The van der Waals surface area contributed by atoms with Gasteiger partial charge in [-0.1, -0.05) is 0 Å². The quantitative estimate of drug-likeness (QED) is 0.802. The summed E-state index contributed by atoms with van der Waals surface area (Å²) in [6.07, 6.45) is 0. The van der Waals surface area contributed by atoms with Gasteiger partial charge in [-0.05, 0) is 28.1 Å². The van der Waals surface area contributed by atoms with Crippen LogP contribution in [-0.2, 0) is 0 Å². The Hall–Kier alpha value is -1.01. The number of nitrogens with one attached hydrogen (secondary N) is 1. The van der Waals surface area contributed by atoms with Gasteiger partial charge in [-0.15, -0.1) is 0 Å². The highest BCUT2D eigenvalue weighted by atomic mass is 79.9. The number of rotatable bonds is 1.